The number of anilines is 1. The number of aromatic carboxylic acids is 1. The quantitative estimate of drug-likeness (QED) is 0.858. The molecule has 0 fully saturated rings. The van der Waals surface area contributed by atoms with Crippen molar-refractivity contribution in [2.24, 2.45) is 0 Å². The number of phenols is 1. The highest BCUT2D eigenvalue weighted by Crippen LogP contribution is 2.41. The Morgan fingerprint density at radius 2 is 1.77 bits per heavy atom. The number of benzene rings is 2. The molecule has 0 radical (unpaired) electrons. The maximum absolute atomic E-state index is 12.5. The molecule has 2 N–H and O–H groups in total. The van der Waals surface area contributed by atoms with Crippen LogP contribution in [0.2, 0.25) is 0 Å². The summed E-state index contributed by atoms with van der Waals surface area (Å²) in [6, 6.07) is 11.1. The Hall–Kier alpha value is -3.61. The topological polar surface area (TPSA) is 118 Å². The van der Waals surface area contributed by atoms with Crippen LogP contribution in [0.15, 0.2) is 59.9 Å². The Morgan fingerprint density at radius 1 is 1.12 bits per heavy atom. The second-order valence-corrected chi connectivity index (χ2v) is 5.79. The van der Waals surface area contributed by atoms with Crippen molar-refractivity contribution in [1.29, 1.82) is 0 Å². The number of carbonyl (C=O) groups excluding carboxylic acids is 2. The Labute approximate surface area is 148 Å². The molecule has 1 unspecified atom stereocenters. The minimum absolute atomic E-state index is 0.121. The van der Waals surface area contributed by atoms with E-state index in [1.807, 2.05) is 0 Å². The largest absolute Gasteiger partial charge is 0.868 e. The van der Waals surface area contributed by atoms with Gasteiger partial charge in [-0.15, -0.1) is 0 Å². The van der Waals surface area contributed by atoms with Gasteiger partial charge >= 0.3 is 5.97 Å². The van der Waals surface area contributed by atoms with E-state index in [9.17, 15) is 24.6 Å². The average Bonchev–Trinajstić information content (AvgIpc) is 2.87. The summed E-state index contributed by atoms with van der Waals surface area (Å²) >= 11 is 0. The molecular formula is C19H14NO6-. The van der Waals surface area contributed by atoms with E-state index in [1.165, 1.54) is 13.0 Å². The molecule has 2 aromatic rings. The lowest BCUT2D eigenvalue weighted by molar-refractivity contribution is -0.298. The standard InChI is InChI=1S/C19H15NO6/c1-10(21)15-16(11-5-3-2-4-6-11)20(18(24)17(15)23)12-7-8-13(19(25)26)14(22)9-12/h2-9,16,22-23H,1H3,(H,25,26)/p-1. The fraction of sp³-hybridized carbons (Fsp3) is 0.105. The second-order valence-electron chi connectivity index (χ2n) is 5.79. The zero-order chi connectivity index (χ0) is 19.0. The Bertz CT molecular complexity index is 948. The van der Waals surface area contributed by atoms with Crippen molar-refractivity contribution in [2.75, 3.05) is 4.90 Å². The zero-order valence-corrected chi connectivity index (χ0v) is 13.7. The molecule has 1 heterocycles. The number of aromatic hydroxyl groups is 1. The molecular weight excluding hydrogens is 338 g/mol. The SMILES string of the molecule is CC(=O)C1=C([O-])C(=O)N(c2ccc(C(=O)O)c(O)c2)C1c1ccccc1. The van der Waals surface area contributed by atoms with Crippen molar-refractivity contribution < 1.29 is 29.7 Å². The Balaban J connectivity index is 2.17. The molecule has 0 aliphatic carbocycles. The first kappa shape index (κ1) is 17.2. The van der Waals surface area contributed by atoms with Gasteiger partial charge in [0.15, 0.2) is 5.78 Å². The lowest BCUT2D eigenvalue weighted by Gasteiger charge is -2.27. The summed E-state index contributed by atoms with van der Waals surface area (Å²) in [5.41, 5.74) is 0.177. The van der Waals surface area contributed by atoms with Crippen molar-refractivity contribution in [3.63, 3.8) is 0 Å². The van der Waals surface area contributed by atoms with Crippen LogP contribution in [0.4, 0.5) is 5.69 Å². The highest BCUT2D eigenvalue weighted by atomic mass is 16.4. The van der Waals surface area contributed by atoms with Crippen molar-refractivity contribution in [2.45, 2.75) is 13.0 Å². The van der Waals surface area contributed by atoms with Gasteiger partial charge in [0.05, 0.1) is 6.04 Å². The monoisotopic (exact) mass is 352 g/mol. The molecule has 1 amide bonds. The Morgan fingerprint density at radius 3 is 2.31 bits per heavy atom. The highest BCUT2D eigenvalue weighted by Gasteiger charge is 2.39. The van der Waals surface area contributed by atoms with E-state index in [2.05, 4.69) is 0 Å². The van der Waals surface area contributed by atoms with E-state index in [4.69, 9.17) is 5.11 Å². The summed E-state index contributed by atoms with van der Waals surface area (Å²) in [5.74, 6) is -4.21. The van der Waals surface area contributed by atoms with Crippen LogP contribution in [0.3, 0.4) is 0 Å². The number of carbonyl (C=O) groups is 3. The Kier molecular flexibility index (Phi) is 4.21. The highest BCUT2D eigenvalue weighted by molar-refractivity contribution is 6.15. The van der Waals surface area contributed by atoms with Crippen LogP contribution in [-0.2, 0) is 9.59 Å². The normalized spacial score (nSPS) is 16.9. The molecule has 132 valence electrons. The van der Waals surface area contributed by atoms with Gasteiger partial charge in [-0.2, -0.15) is 0 Å². The molecule has 0 aromatic heterocycles. The van der Waals surface area contributed by atoms with Crippen molar-refractivity contribution >= 4 is 23.3 Å². The first-order valence-electron chi connectivity index (χ1n) is 7.70. The third kappa shape index (κ3) is 2.69. The molecule has 7 nitrogen and oxygen atoms in total. The molecule has 2 aromatic carbocycles. The van der Waals surface area contributed by atoms with E-state index in [1.54, 1.807) is 30.3 Å². The predicted octanol–water partition coefficient (Wildman–Crippen LogP) is 1.38. The van der Waals surface area contributed by atoms with Crippen LogP contribution in [-0.4, -0.2) is 27.9 Å². The minimum Gasteiger partial charge on any atom is -0.868 e. The minimum atomic E-state index is -1.33. The number of carboxylic acid groups (broad SMARTS) is 1. The summed E-state index contributed by atoms with van der Waals surface area (Å²) < 4.78 is 0. The van der Waals surface area contributed by atoms with Gasteiger partial charge in [0.25, 0.3) is 0 Å². The molecule has 1 atom stereocenters. The lowest BCUT2D eigenvalue weighted by Crippen LogP contribution is -2.32. The number of rotatable bonds is 4. The van der Waals surface area contributed by atoms with Gasteiger partial charge in [0.1, 0.15) is 11.3 Å². The van der Waals surface area contributed by atoms with Gasteiger partial charge in [0.2, 0.25) is 5.91 Å². The summed E-state index contributed by atoms with van der Waals surface area (Å²) in [5, 5.41) is 31.3. The summed E-state index contributed by atoms with van der Waals surface area (Å²) in [6.07, 6.45) is 0. The van der Waals surface area contributed by atoms with Crippen LogP contribution in [0.5, 0.6) is 5.75 Å². The molecule has 1 aliphatic heterocycles. The molecule has 0 saturated heterocycles. The first-order valence-corrected chi connectivity index (χ1v) is 7.70. The molecule has 3 rings (SSSR count). The van der Waals surface area contributed by atoms with Crippen molar-refractivity contribution in [3.05, 3.63) is 71.0 Å². The van der Waals surface area contributed by atoms with Gasteiger partial charge in [-0.3, -0.25) is 14.5 Å². The van der Waals surface area contributed by atoms with Gasteiger partial charge in [-0.05, 0) is 30.4 Å². The van der Waals surface area contributed by atoms with Crippen molar-refractivity contribution in [3.8, 4) is 5.75 Å². The van der Waals surface area contributed by atoms with Gasteiger partial charge in [-0.1, -0.05) is 30.3 Å². The van der Waals surface area contributed by atoms with E-state index >= 15 is 0 Å². The number of nitrogens with zero attached hydrogens (tertiary/aromatic N) is 1. The predicted molar refractivity (Wildman–Crippen MR) is 89.4 cm³/mol. The average molecular weight is 352 g/mol. The fourth-order valence-corrected chi connectivity index (χ4v) is 3.02. The zero-order valence-electron chi connectivity index (χ0n) is 13.7. The molecule has 1 aliphatic rings. The number of hydrogen-bond acceptors (Lipinski definition) is 5. The van der Waals surface area contributed by atoms with Gasteiger partial charge < -0.3 is 15.3 Å². The van der Waals surface area contributed by atoms with Crippen LogP contribution in [0.1, 0.15) is 28.9 Å². The first-order chi connectivity index (χ1) is 12.3. The molecule has 26 heavy (non-hydrogen) atoms. The van der Waals surface area contributed by atoms with Crippen molar-refractivity contribution in [1.82, 2.24) is 0 Å². The number of amides is 1. The van der Waals surface area contributed by atoms with Crippen LogP contribution < -0.4 is 10.0 Å². The van der Waals surface area contributed by atoms with Crippen LogP contribution >= 0.6 is 0 Å². The fourth-order valence-electron chi connectivity index (χ4n) is 3.02. The second kappa shape index (κ2) is 6.36. The summed E-state index contributed by atoms with van der Waals surface area (Å²) in [6.45, 7) is 1.21. The van der Waals surface area contributed by atoms with Crippen LogP contribution in [0.25, 0.3) is 0 Å². The number of Topliss-reactive ketones (excluding diaryl/α,β-unsaturated/α-hetero) is 1. The summed E-state index contributed by atoms with van der Waals surface area (Å²) in [7, 11) is 0. The maximum Gasteiger partial charge on any atom is 0.339 e. The number of ketones is 1. The van der Waals surface area contributed by atoms with E-state index in [-0.39, 0.29) is 16.8 Å². The molecule has 0 bridgehead atoms. The number of carboxylic acids is 1. The maximum atomic E-state index is 12.5. The molecule has 7 heteroatoms. The third-order valence-electron chi connectivity index (χ3n) is 4.17. The summed E-state index contributed by atoms with van der Waals surface area (Å²) in [4.78, 5) is 36.7. The van der Waals surface area contributed by atoms with Gasteiger partial charge in [0, 0.05) is 17.3 Å². The molecule has 0 saturated carbocycles. The smallest absolute Gasteiger partial charge is 0.339 e. The van der Waals surface area contributed by atoms with E-state index < -0.39 is 35.2 Å². The van der Waals surface area contributed by atoms with E-state index in [0.717, 1.165) is 17.0 Å². The molecule has 0 spiro atoms. The van der Waals surface area contributed by atoms with E-state index in [0.29, 0.717) is 5.56 Å². The third-order valence-corrected chi connectivity index (χ3v) is 4.17. The van der Waals surface area contributed by atoms with Gasteiger partial charge in [-0.25, -0.2) is 4.79 Å². The lowest BCUT2D eigenvalue weighted by atomic mass is 9.96. The number of hydrogen-bond donors (Lipinski definition) is 2. The van der Waals surface area contributed by atoms with Crippen LogP contribution in [0, 0.1) is 0 Å².